The van der Waals surface area contributed by atoms with E-state index in [1.165, 1.54) is 30.2 Å². The Morgan fingerprint density at radius 3 is 2.63 bits per heavy atom. The van der Waals surface area contributed by atoms with Crippen LogP contribution in [0.4, 0.5) is 4.39 Å². The summed E-state index contributed by atoms with van der Waals surface area (Å²) in [6.45, 7) is 2.78. The van der Waals surface area contributed by atoms with E-state index < -0.39 is 0 Å². The first-order valence-corrected chi connectivity index (χ1v) is 7.04. The average Bonchev–Trinajstić information content (AvgIpc) is 2.96. The van der Waals surface area contributed by atoms with Crippen molar-refractivity contribution in [2.45, 2.75) is 38.0 Å². The van der Waals surface area contributed by atoms with Gasteiger partial charge in [0.05, 0.1) is 0 Å². The Balaban J connectivity index is 2.33. The van der Waals surface area contributed by atoms with Crippen LogP contribution in [-0.4, -0.2) is 11.1 Å². The monoisotopic (exact) mass is 260 g/mol. The number of nitrogens with two attached hydrogens (primary N) is 1. The van der Waals surface area contributed by atoms with Gasteiger partial charge in [-0.05, 0) is 43.5 Å². The van der Waals surface area contributed by atoms with Gasteiger partial charge in [-0.3, -0.25) is 0 Å². The number of fused-ring (bicyclic) bond motifs is 1. The Hall–Kier alpha value is -1.35. The second-order valence-corrected chi connectivity index (χ2v) is 5.87. The van der Waals surface area contributed by atoms with E-state index in [9.17, 15) is 4.39 Å². The van der Waals surface area contributed by atoms with Gasteiger partial charge in [0.2, 0.25) is 0 Å². The quantitative estimate of drug-likeness (QED) is 0.881. The van der Waals surface area contributed by atoms with Gasteiger partial charge in [0, 0.05) is 35.6 Å². The zero-order valence-electron chi connectivity index (χ0n) is 11.7. The van der Waals surface area contributed by atoms with Crippen molar-refractivity contribution in [3.63, 3.8) is 0 Å². The molecule has 0 radical (unpaired) electrons. The minimum absolute atomic E-state index is 0.0530. The molecule has 3 rings (SSSR count). The first-order valence-electron chi connectivity index (χ1n) is 7.04. The molecule has 1 aromatic heterocycles. The van der Waals surface area contributed by atoms with Gasteiger partial charge in [-0.1, -0.05) is 12.8 Å². The fourth-order valence-electron chi connectivity index (χ4n) is 3.82. The number of halogens is 1. The molecule has 19 heavy (non-hydrogen) atoms. The third-order valence-electron chi connectivity index (χ3n) is 4.94. The van der Waals surface area contributed by atoms with Crippen molar-refractivity contribution < 1.29 is 4.39 Å². The third-order valence-corrected chi connectivity index (χ3v) is 4.94. The fourth-order valence-corrected chi connectivity index (χ4v) is 3.82. The Bertz CT molecular complexity index is 621. The molecule has 0 unspecified atom stereocenters. The molecule has 1 saturated carbocycles. The molecule has 0 saturated heterocycles. The van der Waals surface area contributed by atoms with Gasteiger partial charge < -0.3 is 10.3 Å². The van der Waals surface area contributed by atoms with Crippen LogP contribution < -0.4 is 5.73 Å². The maximum atomic E-state index is 13.6. The van der Waals surface area contributed by atoms with Gasteiger partial charge in [0.25, 0.3) is 0 Å². The Morgan fingerprint density at radius 1 is 1.32 bits per heavy atom. The molecular formula is C16H21FN2. The van der Waals surface area contributed by atoms with E-state index in [4.69, 9.17) is 5.73 Å². The van der Waals surface area contributed by atoms with Crippen LogP contribution in [-0.2, 0) is 12.5 Å². The zero-order valence-corrected chi connectivity index (χ0v) is 11.7. The van der Waals surface area contributed by atoms with Gasteiger partial charge in [-0.2, -0.15) is 0 Å². The van der Waals surface area contributed by atoms with Crippen LogP contribution >= 0.6 is 0 Å². The first kappa shape index (κ1) is 12.7. The normalized spacial score (nSPS) is 18.3. The SMILES string of the molecule is Cc1c(C2(CN)CCCC2)c2cc(F)ccc2n1C. The Kier molecular flexibility index (Phi) is 2.90. The van der Waals surface area contributed by atoms with Crippen LogP contribution in [0.3, 0.4) is 0 Å². The summed E-state index contributed by atoms with van der Waals surface area (Å²) in [7, 11) is 2.05. The van der Waals surface area contributed by atoms with Gasteiger partial charge in [0.1, 0.15) is 5.82 Å². The lowest BCUT2D eigenvalue weighted by atomic mass is 9.77. The van der Waals surface area contributed by atoms with E-state index >= 15 is 0 Å². The van der Waals surface area contributed by atoms with E-state index in [1.54, 1.807) is 6.07 Å². The second-order valence-electron chi connectivity index (χ2n) is 5.87. The standard InChI is InChI=1S/C16H21FN2/c1-11-15(16(10-18)7-3-4-8-16)13-9-12(17)5-6-14(13)19(11)2/h5-6,9H,3-4,7-8,10,18H2,1-2H3. The predicted molar refractivity (Wildman–Crippen MR) is 76.8 cm³/mol. The van der Waals surface area contributed by atoms with E-state index in [2.05, 4.69) is 18.5 Å². The molecule has 0 bridgehead atoms. The van der Waals surface area contributed by atoms with Crippen molar-refractivity contribution in [2.24, 2.45) is 12.8 Å². The van der Waals surface area contributed by atoms with Gasteiger partial charge in [-0.25, -0.2) is 4.39 Å². The lowest BCUT2D eigenvalue weighted by Crippen LogP contribution is -2.32. The highest BCUT2D eigenvalue weighted by Crippen LogP contribution is 2.45. The Morgan fingerprint density at radius 2 is 2.00 bits per heavy atom. The number of aromatic nitrogens is 1. The van der Waals surface area contributed by atoms with E-state index in [-0.39, 0.29) is 11.2 Å². The van der Waals surface area contributed by atoms with Gasteiger partial charge >= 0.3 is 0 Å². The van der Waals surface area contributed by atoms with Gasteiger partial charge in [-0.15, -0.1) is 0 Å². The summed E-state index contributed by atoms with van der Waals surface area (Å²) in [6, 6.07) is 5.09. The molecule has 0 aliphatic heterocycles. The molecule has 0 spiro atoms. The maximum Gasteiger partial charge on any atom is 0.123 e. The van der Waals surface area contributed by atoms with Crippen molar-refractivity contribution >= 4 is 10.9 Å². The van der Waals surface area contributed by atoms with Crippen molar-refractivity contribution in [1.82, 2.24) is 4.57 Å². The third kappa shape index (κ3) is 1.71. The number of aryl methyl sites for hydroxylation is 1. The molecule has 0 amide bonds. The minimum atomic E-state index is -0.162. The molecule has 1 aromatic carbocycles. The molecular weight excluding hydrogens is 239 g/mol. The van der Waals surface area contributed by atoms with Crippen LogP contribution in [0.1, 0.15) is 36.9 Å². The number of nitrogens with zero attached hydrogens (tertiary/aromatic N) is 1. The van der Waals surface area contributed by atoms with E-state index in [0.717, 1.165) is 23.7 Å². The smallest absolute Gasteiger partial charge is 0.123 e. The summed E-state index contributed by atoms with van der Waals surface area (Å²) >= 11 is 0. The molecule has 1 aliphatic carbocycles. The number of hydrogen-bond donors (Lipinski definition) is 1. The van der Waals surface area contributed by atoms with Crippen molar-refractivity contribution in [3.05, 3.63) is 35.3 Å². The lowest BCUT2D eigenvalue weighted by Gasteiger charge is -2.28. The highest BCUT2D eigenvalue weighted by Gasteiger charge is 2.38. The largest absolute Gasteiger partial charge is 0.348 e. The fraction of sp³-hybridized carbons (Fsp3) is 0.500. The first-order chi connectivity index (χ1) is 9.09. The topological polar surface area (TPSA) is 30.9 Å². The summed E-state index contributed by atoms with van der Waals surface area (Å²) in [6.07, 6.45) is 4.70. The molecule has 3 heteroatoms. The molecule has 0 atom stereocenters. The highest BCUT2D eigenvalue weighted by atomic mass is 19.1. The maximum absolute atomic E-state index is 13.6. The van der Waals surface area contributed by atoms with Crippen LogP contribution in [0.2, 0.25) is 0 Å². The van der Waals surface area contributed by atoms with Crippen molar-refractivity contribution in [2.75, 3.05) is 6.54 Å². The minimum Gasteiger partial charge on any atom is -0.348 e. The molecule has 2 nitrogen and oxygen atoms in total. The molecule has 1 heterocycles. The molecule has 2 N–H and O–H groups in total. The second kappa shape index (κ2) is 4.34. The lowest BCUT2D eigenvalue weighted by molar-refractivity contribution is 0.452. The summed E-state index contributed by atoms with van der Waals surface area (Å²) in [4.78, 5) is 0. The molecule has 2 aromatic rings. The predicted octanol–water partition coefficient (Wildman–Crippen LogP) is 3.40. The van der Waals surface area contributed by atoms with Crippen LogP contribution in [0.5, 0.6) is 0 Å². The van der Waals surface area contributed by atoms with E-state index in [0.29, 0.717) is 6.54 Å². The molecule has 1 aliphatic rings. The Labute approximate surface area is 113 Å². The summed E-state index contributed by atoms with van der Waals surface area (Å²) in [5, 5.41) is 1.05. The molecule has 1 fully saturated rings. The summed E-state index contributed by atoms with van der Waals surface area (Å²) in [5.74, 6) is -0.162. The van der Waals surface area contributed by atoms with Crippen LogP contribution in [0, 0.1) is 12.7 Å². The number of rotatable bonds is 2. The number of benzene rings is 1. The average molecular weight is 260 g/mol. The van der Waals surface area contributed by atoms with E-state index in [1.807, 2.05) is 6.07 Å². The number of hydrogen-bond acceptors (Lipinski definition) is 1. The van der Waals surface area contributed by atoms with Crippen molar-refractivity contribution in [1.29, 1.82) is 0 Å². The highest BCUT2D eigenvalue weighted by molar-refractivity contribution is 5.87. The zero-order chi connectivity index (χ0) is 13.6. The van der Waals surface area contributed by atoms with Crippen LogP contribution in [0.15, 0.2) is 18.2 Å². The van der Waals surface area contributed by atoms with Crippen molar-refractivity contribution in [3.8, 4) is 0 Å². The molecule has 102 valence electrons. The van der Waals surface area contributed by atoms with Crippen LogP contribution in [0.25, 0.3) is 10.9 Å². The summed E-state index contributed by atoms with van der Waals surface area (Å²) in [5.41, 5.74) is 9.77. The summed E-state index contributed by atoms with van der Waals surface area (Å²) < 4.78 is 15.8. The van der Waals surface area contributed by atoms with Gasteiger partial charge in [0.15, 0.2) is 0 Å².